The highest BCUT2D eigenvalue weighted by molar-refractivity contribution is 5.94. The number of hydrogen-bond donors (Lipinski definition) is 2. The highest BCUT2D eigenvalue weighted by Gasteiger charge is 2.15. The maximum Gasteiger partial charge on any atom is 0.307 e. The number of carbonyl (C=O) groups is 3. The lowest BCUT2D eigenvalue weighted by atomic mass is 10.1. The summed E-state index contributed by atoms with van der Waals surface area (Å²) < 4.78 is 10.1. The number of amides is 1. The molecule has 2 N–H and O–H groups in total. The summed E-state index contributed by atoms with van der Waals surface area (Å²) >= 11 is 0. The van der Waals surface area contributed by atoms with Crippen LogP contribution in [0.2, 0.25) is 0 Å². The molecule has 7 heteroatoms. The van der Waals surface area contributed by atoms with E-state index in [0.29, 0.717) is 44.6 Å². The average molecular weight is 392 g/mol. The van der Waals surface area contributed by atoms with E-state index >= 15 is 0 Å². The number of ether oxygens (including phenoxy) is 2. The van der Waals surface area contributed by atoms with E-state index in [1.165, 1.54) is 0 Å². The van der Waals surface area contributed by atoms with Crippen molar-refractivity contribution in [2.45, 2.75) is 59.1 Å². The van der Waals surface area contributed by atoms with Crippen LogP contribution in [0.4, 0.5) is 0 Å². The molecule has 7 nitrogen and oxygen atoms in total. The number of rotatable bonds is 11. The minimum absolute atomic E-state index is 0.183. The quantitative estimate of drug-likeness (QED) is 0.444. The zero-order valence-electron chi connectivity index (χ0n) is 17.3. The summed E-state index contributed by atoms with van der Waals surface area (Å²) in [6.45, 7) is 9.11. The lowest BCUT2D eigenvalue weighted by Gasteiger charge is -2.19. The first-order valence-electron chi connectivity index (χ1n) is 9.66. The van der Waals surface area contributed by atoms with Crippen LogP contribution in [0.1, 0.15) is 62.9 Å². The molecule has 0 saturated heterocycles. The Labute approximate surface area is 167 Å². The van der Waals surface area contributed by atoms with Crippen molar-refractivity contribution >= 4 is 17.8 Å². The minimum Gasteiger partial charge on any atom is -0.466 e. The van der Waals surface area contributed by atoms with Crippen molar-refractivity contribution in [1.29, 1.82) is 0 Å². The Hall–Kier alpha value is -2.41. The molecule has 0 heterocycles. The molecular weight excluding hydrogens is 360 g/mol. The molecule has 0 radical (unpaired) electrons. The number of esters is 2. The van der Waals surface area contributed by atoms with Gasteiger partial charge in [0, 0.05) is 31.6 Å². The predicted molar refractivity (Wildman–Crippen MR) is 107 cm³/mol. The summed E-state index contributed by atoms with van der Waals surface area (Å²) in [7, 11) is 0. The highest BCUT2D eigenvalue weighted by Crippen LogP contribution is 2.09. The van der Waals surface area contributed by atoms with Gasteiger partial charge in [0.1, 0.15) is 5.60 Å². The van der Waals surface area contributed by atoms with Crippen molar-refractivity contribution in [1.82, 2.24) is 10.6 Å². The van der Waals surface area contributed by atoms with E-state index in [9.17, 15) is 14.4 Å². The van der Waals surface area contributed by atoms with Gasteiger partial charge in [0.05, 0.1) is 13.0 Å². The molecule has 0 aromatic heterocycles. The highest BCUT2D eigenvalue weighted by atomic mass is 16.6. The van der Waals surface area contributed by atoms with Gasteiger partial charge in [-0.05, 0) is 51.8 Å². The average Bonchev–Trinajstić information content (AvgIpc) is 2.61. The third-order valence-electron chi connectivity index (χ3n) is 3.59. The standard InChI is InChI=1S/C21H32N2O5/c1-5-27-18(24)11-13-22-15-16-8-6-9-17(14-16)20(26)23-12-7-10-19(25)28-21(2,3)4/h6,8-9,14,22H,5,7,10-13,15H2,1-4H3,(H,23,26). The molecule has 0 unspecified atom stereocenters. The SMILES string of the molecule is CCOC(=O)CCNCc1cccc(C(=O)NCCCC(=O)OC(C)(C)C)c1. The first-order valence-corrected chi connectivity index (χ1v) is 9.66. The van der Waals surface area contributed by atoms with Crippen LogP contribution in [0.5, 0.6) is 0 Å². The normalized spacial score (nSPS) is 11.0. The lowest BCUT2D eigenvalue weighted by Crippen LogP contribution is -2.27. The van der Waals surface area contributed by atoms with E-state index in [0.717, 1.165) is 5.56 Å². The fraction of sp³-hybridized carbons (Fsp3) is 0.571. The maximum absolute atomic E-state index is 12.3. The molecule has 1 amide bonds. The van der Waals surface area contributed by atoms with Gasteiger partial charge in [0.2, 0.25) is 0 Å². The first-order chi connectivity index (χ1) is 13.2. The molecule has 0 aliphatic heterocycles. The van der Waals surface area contributed by atoms with Gasteiger partial charge in [-0.25, -0.2) is 0 Å². The van der Waals surface area contributed by atoms with E-state index in [1.54, 1.807) is 19.1 Å². The molecule has 0 fully saturated rings. The Balaban J connectivity index is 2.33. The van der Waals surface area contributed by atoms with Crippen LogP contribution < -0.4 is 10.6 Å². The summed E-state index contributed by atoms with van der Waals surface area (Å²) in [5.74, 6) is -0.676. The van der Waals surface area contributed by atoms with Crippen LogP contribution in [0.25, 0.3) is 0 Å². The molecular formula is C21H32N2O5. The number of hydrogen-bond acceptors (Lipinski definition) is 6. The summed E-state index contributed by atoms with van der Waals surface area (Å²) in [6.07, 6.45) is 1.10. The smallest absolute Gasteiger partial charge is 0.307 e. The molecule has 1 aromatic carbocycles. The van der Waals surface area contributed by atoms with E-state index in [2.05, 4.69) is 10.6 Å². The van der Waals surface area contributed by atoms with Gasteiger partial charge in [0.25, 0.3) is 5.91 Å². The Kier molecular flexibility index (Phi) is 10.2. The van der Waals surface area contributed by atoms with Crippen molar-refractivity contribution in [2.24, 2.45) is 0 Å². The summed E-state index contributed by atoms with van der Waals surface area (Å²) in [6, 6.07) is 7.28. The van der Waals surface area contributed by atoms with Gasteiger partial charge in [-0.3, -0.25) is 14.4 Å². The summed E-state index contributed by atoms with van der Waals surface area (Å²) in [5.41, 5.74) is 1.01. The zero-order valence-corrected chi connectivity index (χ0v) is 17.3. The Morgan fingerprint density at radius 2 is 1.79 bits per heavy atom. The summed E-state index contributed by atoms with van der Waals surface area (Å²) in [4.78, 5) is 35.2. The summed E-state index contributed by atoms with van der Waals surface area (Å²) in [5, 5.41) is 5.97. The fourth-order valence-electron chi connectivity index (χ4n) is 2.41. The van der Waals surface area contributed by atoms with Crippen molar-refractivity contribution in [3.8, 4) is 0 Å². The second-order valence-corrected chi connectivity index (χ2v) is 7.38. The van der Waals surface area contributed by atoms with Gasteiger partial charge in [-0.15, -0.1) is 0 Å². The molecule has 1 aromatic rings. The van der Waals surface area contributed by atoms with E-state index in [4.69, 9.17) is 9.47 Å². The van der Waals surface area contributed by atoms with Gasteiger partial charge >= 0.3 is 11.9 Å². The Morgan fingerprint density at radius 1 is 1.04 bits per heavy atom. The van der Waals surface area contributed by atoms with Crippen LogP contribution >= 0.6 is 0 Å². The minimum atomic E-state index is -0.495. The van der Waals surface area contributed by atoms with Gasteiger partial charge < -0.3 is 20.1 Å². The van der Waals surface area contributed by atoms with Crippen molar-refractivity contribution in [2.75, 3.05) is 19.7 Å². The van der Waals surface area contributed by atoms with E-state index < -0.39 is 5.60 Å². The third kappa shape index (κ3) is 10.7. The maximum atomic E-state index is 12.3. The molecule has 0 atom stereocenters. The lowest BCUT2D eigenvalue weighted by molar-refractivity contribution is -0.154. The molecule has 0 saturated carbocycles. The van der Waals surface area contributed by atoms with Crippen molar-refractivity contribution in [3.05, 3.63) is 35.4 Å². The van der Waals surface area contributed by atoms with Crippen LogP contribution in [-0.4, -0.2) is 43.1 Å². The van der Waals surface area contributed by atoms with E-state index in [1.807, 2.05) is 32.9 Å². The monoisotopic (exact) mass is 392 g/mol. The third-order valence-corrected chi connectivity index (χ3v) is 3.59. The molecule has 28 heavy (non-hydrogen) atoms. The predicted octanol–water partition coefficient (Wildman–Crippen LogP) is 2.58. The van der Waals surface area contributed by atoms with E-state index in [-0.39, 0.29) is 24.3 Å². The molecule has 1 rings (SSSR count). The van der Waals surface area contributed by atoms with Crippen molar-refractivity contribution < 1.29 is 23.9 Å². The Bertz CT molecular complexity index is 652. The van der Waals surface area contributed by atoms with Crippen molar-refractivity contribution in [3.63, 3.8) is 0 Å². The number of nitrogens with one attached hydrogen (secondary N) is 2. The number of benzene rings is 1. The molecule has 0 spiro atoms. The van der Waals surface area contributed by atoms with Crippen LogP contribution in [-0.2, 0) is 25.6 Å². The van der Waals surface area contributed by atoms with Gasteiger partial charge in [-0.1, -0.05) is 12.1 Å². The molecule has 156 valence electrons. The van der Waals surface area contributed by atoms with Crippen LogP contribution in [0.3, 0.4) is 0 Å². The Morgan fingerprint density at radius 3 is 2.46 bits per heavy atom. The number of carbonyl (C=O) groups excluding carboxylic acids is 3. The second kappa shape index (κ2) is 12.1. The van der Waals surface area contributed by atoms with Crippen LogP contribution in [0.15, 0.2) is 24.3 Å². The molecule has 0 aliphatic rings. The van der Waals surface area contributed by atoms with Gasteiger partial charge in [0.15, 0.2) is 0 Å². The van der Waals surface area contributed by atoms with Crippen LogP contribution in [0, 0.1) is 0 Å². The topological polar surface area (TPSA) is 93.7 Å². The fourth-order valence-corrected chi connectivity index (χ4v) is 2.41. The zero-order chi connectivity index (χ0) is 21.0. The molecule has 0 bridgehead atoms. The largest absolute Gasteiger partial charge is 0.466 e. The molecule has 0 aliphatic carbocycles. The first kappa shape index (κ1) is 23.6. The van der Waals surface area contributed by atoms with Gasteiger partial charge in [-0.2, -0.15) is 0 Å². The second-order valence-electron chi connectivity index (χ2n) is 7.38.